The van der Waals surface area contributed by atoms with Crippen molar-refractivity contribution >= 4 is 28.3 Å². The predicted molar refractivity (Wildman–Crippen MR) is 82.1 cm³/mol. The number of anilines is 1. The molecule has 1 N–H and O–H groups in total. The van der Waals surface area contributed by atoms with Gasteiger partial charge in [0, 0.05) is 28.7 Å². The summed E-state index contributed by atoms with van der Waals surface area (Å²) in [5.41, 5.74) is 4.14. The molecular weight excluding hydrogens is 274 g/mol. The first-order chi connectivity index (χ1) is 9.36. The zero-order valence-electron chi connectivity index (χ0n) is 11.0. The van der Waals surface area contributed by atoms with Crippen LogP contribution in [-0.4, -0.2) is 16.1 Å². The van der Waals surface area contributed by atoms with E-state index in [9.17, 15) is 0 Å². The molecule has 0 atom stereocenters. The van der Waals surface area contributed by atoms with Crippen LogP contribution in [0.3, 0.4) is 0 Å². The van der Waals surface area contributed by atoms with Crippen molar-refractivity contribution in [3.05, 3.63) is 35.0 Å². The maximum Gasteiger partial charge on any atom is 0.134 e. The fourth-order valence-corrected chi connectivity index (χ4v) is 4.02. The predicted octanol–water partition coefficient (Wildman–Crippen LogP) is 3.75. The molecule has 1 aliphatic carbocycles. The maximum atomic E-state index is 4.21. The highest BCUT2D eigenvalue weighted by Gasteiger charge is 2.12. The zero-order valence-corrected chi connectivity index (χ0v) is 12.6. The number of hydrogen-bond donors (Lipinski definition) is 1. The van der Waals surface area contributed by atoms with E-state index >= 15 is 0 Å². The second kappa shape index (κ2) is 5.92. The summed E-state index contributed by atoms with van der Waals surface area (Å²) in [5, 5.41) is 8.63. The molecule has 100 valence electrons. The lowest BCUT2D eigenvalue weighted by Gasteiger charge is -2.05. The van der Waals surface area contributed by atoms with Gasteiger partial charge in [0.25, 0.3) is 0 Å². The summed E-state index contributed by atoms with van der Waals surface area (Å²) in [7, 11) is 0. The summed E-state index contributed by atoms with van der Waals surface area (Å²) in [6.07, 6.45) is 3.80. The van der Waals surface area contributed by atoms with Crippen molar-refractivity contribution < 1.29 is 0 Å². The largest absolute Gasteiger partial charge is 0.374 e. The van der Waals surface area contributed by atoms with Crippen molar-refractivity contribution in [1.82, 2.24) is 9.59 Å². The Morgan fingerprint density at radius 1 is 1.32 bits per heavy atom. The number of rotatable bonds is 5. The van der Waals surface area contributed by atoms with Crippen molar-refractivity contribution in [3.8, 4) is 0 Å². The van der Waals surface area contributed by atoms with E-state index in [2.05, 4.69) is 40.0 Å². The van der Waals surface area contributed by atoms with Gasteiger partial charge >= 0.3 is 0 Å². The van der Waals surface area contributed by atoms with Crippen molar-refractivity contribution in [3.63, 3.8) is 0 Å². The Bertz CT molecular complexity index is 566. The Hall–Kier alpha value is -1.07. The van der Waals surface area contributed by atoms with Crippen LogP contribution in [0.1, 0.15) is 30.2 Å². The van der Waals surface area contributed by atoms with Gasteiger partial charge < -0.3 is 5.32 Å². The van der Waals surface area contributed by atoms with Crippen LogP contribution in [0.5, 0.6) is 0 Å². The van der Waals surface area contributed by atoms with Gasteiger partial charge in [-0.15, -0.1) is 16.9 Å². The van der Waals surface area contributed by atoms with Crippen LogP contribution in [0.2, 0.25) is 0 Å². The number of nitrogens with one attached hydrogen (secondary N) is 1. The van der Waals surface area contributed by atoms with Crippen molar-refractivity contribution in [2.45, 2.75) is 36.8 Å². The van der Waals surface area contributed by atoms with Gasteiger partial charge in [0.2, 0.25) is 0 Å². The maximum absolute atomic E-state index is 4.21. The number of fused-ring (bicyclic) bond motifs is 1. The lowest BCUT2D eigenvalue weighted by molar-refractivity contribution is 0.911. The summed E-state index contributed by atoms with van der Waals surface area (Å²) in [6, 6.07) is 6.87. The Balaban J connectivity index is 1.67. The van der Waals surface area contributed by atoms with Gasteiger partial charge in [0.15, 0.2) is 0 Å². The molecule has 1 aromatic carbocycles. The van der Waals surface area contributed by atoms with Crippen LogP contribution in [0.25, 0.3) is 0 Å². The molecule has 0 bridgehead atoms. The van der Waals surface area contributed by atoms with E-state index < -0.39 is 0 Å². The number of nitrogens with zero attached hydrogens (tertiary/aromatic N) is 2. The van der Waals surface area contributed by atoms with Gasteiger partial charge in [0.05, 0.1) is 0 Å². The van der Waals surface area contributed by atoms with E-state index in [-0.39, 0.29) is 0 Å². The van der Waals surface area contributed by atoms with Crippen molar-refractivity contribution in [2.75, 3.05) is 11.9 Å². The average Bonchev–Trinajstić information content (AvgIpc) is 3.05. The first-order valence-electron chi connectivity index (χ1n) is 6.66. The first kappa shape index (κ1) is 12.9. The van der Waals surface area contributed by atoms with E-state index in [1.54, 1.807) is 0 Å². The van der Waals surface area contributed by atoms with E-state index in [4.69, 9.17) is 0 Å². The fraction of sp³-hybridized carbons (Fsp3) is 0.429. The van der Waals surface area contributed by atoms with Gasteiger partial charge in [-0.3, -0.25) is 0 Å². The zero-order chi connectivity index (χ0) is 13.1. The molecule has 3 rings (SSSR count). The topological polar surface area (TPSA) is 37.8 Å². The molecular formula is C14H17N3S2. The van der Waals surface area contributed by atoms with Crippen LogP contribution >= 0.6 is 23.3 Å². The average molecular weight is 291 g/mol. The Labute approximate surface area is 122 Å². The second-order valence-corrected chi connectivity index (χ2v) is 6.45. The van der Waals surface area contributed by atoms with E-state index in [0.717, 1.165) is 23.0 Å². The Morgan fingerprint density at radius 3 is 3.11 bits per heavy atom. The van der Waals surface area contributed by atoms with Crippen LogP contribution in [-0.2, 0) is 18.6 Å². The third-order valence-corrected chi connectivity index (χ3v) is 5.07. The minimum Gasteiger partial charge on any atom is -0.374 e. The molecule has 1 aliphatic rings. The molecule has 1 heterocycles. The number of benzene rings is 1. The fourth-order valence-electron chi connectivity index (χ4n) is 2.39. The summed E-state index contributed by atoms with van der Waals surface area (Å²) in [6.45, 7) is 3.01. The first-order valence-corrected chi connectivity index (χ1v) is 8.42. The third kappa shape index (κ3) is 2.92. The van der Waals surface area contributed by atoms with Crippen LogP contribution < -0.4 is 5.32 Å². The van der Waals surface area contributed by atoms with Crippen LogP contribution in [0.15, 0.2) is 23.1 Å². The molecule has 5 heteroatoms. The number of thioether (sulfide) groups is 1. The molecule has 3 nitrogen and oxygen atoms in total. The lowest BCUT2D eigenvalue weighted by atomic mass is 10.1. The molecule has 1 aromatic heterocycles. The molecule has 0 aliphatic heterocycles. The normalized spacial score (nSPS) is 13.5. The van der Waals surface area contributed by atoms with Crippen LogP contribution in [0.4, 0.5) is 5.00 Å². The molecule has 2 aromatic rings. The summed E-state index contributed by atoms with van der Waals surface area (Å²) >= 11 is 3.29. The number of aromatic nitrogens is 2. The number of aryl methyl sites for hydroxylation is 2. The molecule has 0 fully saturated rings. The molecule has 0 radical (unpaired) electrons. The van der Waals surface area contributed by atoms with Gasteiger partial charge in [-0.2, -0.15) is 0 Å². The van der Waals surface area contributed by atoms with E-state index in [1.165, 1.54) is 46.8 Å². The Morgan fingerprint density at radius 2 is 2.21 bits per heavy atom. The molecule has 19 heavy (non-hydrogen) atoms. The summed E-state index contributed by atoms with van der Waals surface area (Å²) < 4.78 is 4.03. The van der Waals surface area contributed by atoms with Crippen molar-refractivity contribution in [2.24, 2.45) is 0 Å². The number of hydrogen-bond acceptors (Lipinski definition) is 5. The summed E-state index contributed by atoms with van der Waals surface area (Å²) in [5.74, 6) is 0.887. The smallest absolute Gasteiger partial charge is 0.134 e. The molecule has 0 saturated heterocycles. The quantitative estimate of drug-likeness (QED) is 0.851. The van der Waals surface area contributed by atoms with Gasteiger partial charge in [-0.25, -0.2) is 0 Å². The molecule has 0 amide bonds. The highest BCUT2D eigenvalue weighted by molar-refractivity contribution is 7.98. The minimum atomic E-state index is 0.887. The lowest BCUT2D eigenvalue weighted by Crippen LogP contribution is -1.97. The standard InChI is InChI=1S/C14H17N3S2/c1-2-15-14-13(16-17-19-14)9-18-12-7-6-10-4-3-5-11(10)8-12/h6-8,15H,2-5,9H2,1H3. The van der Waals surface area contributed by atoms with Crippen molar-refractivity contribution in [1.29, 1.82) is 0 Å². The van der Waals surface area contributed by atoms with E-state index in [0.29, 0.717) is 0 Å². The Kier molecular flexibility index (Phi) is 4.03. The highest BCUT2D eigenvalue weighted by Crippen LogP contribution is 2.31. The minimum absolute atomic E-state index is 0.887. The molecule has 0 spiro atoms. The summed E-state index contributed by atoms with van der Waals surface area (Å²) in [4.78, 5) is 1.34. The highest BCUT2D eigenvalue weighted by atomic mass is 32.2. The van der Waals surface area contributed by atoms with Gasteiger partial charge in [-0.05, 0) is 49.4 Å². The third-order valence-electron chi connectivity index (χ3n) is 3.34. The monoisotopic (exact) mass is 291 g/mol. The van der Waals surface area contributed by atoms with Gasteiger partial charge in [-0.1, -0.05) is 10.6 Å². The second-order valence-electron chi connectivity index (χ2n) is 4.65. The van der Waals surface area contributed by atoms with E-state index in [1.807, 2.05) is 11.8 Å². The van der Waals surface area contributed by atoms with Gasteiger partial charge in [0.1, 0.15) is 10.7 Å². The SMILES string of the molecule is CCNc1snnc1CSc1ccc2c(c1)CCC2. The van der Waals surface area contributed by atoms with Crippen LogP contribution in [0, 0.1) is 0 Å². The molecule has 0 saturated carbocycles. The molecule has 0 unspecified atom stereocenters.